The maximum atomic E-state index is 6.42. The molecular formula is C20H20ClN3O3. The smallest absolute Gasteiger partial charge is 0.246 e. The van der Waals surface area contributed by atoms with E-state index in [1.165, 1.54) is 0 Å². The molecule has 1 aliphatic rings. The van der Waals surface area contributed by atoms with E-state index in [0.717, 1.165) is 23.4 Å². The zero-order valence-electron chi connectivity index (χ0n) is 15.0. The summed E-state index contributed by atoms with van der Waals surface area (Å²) in [6, 6.07) is 15.3. The predicted octanol–water partition coefficient (Wildman–Crippen LogP) is 3.97. The summed E-state index contributed by atoms with van der Waals surface area (Å²) in [5.74, 6) is 1.88. The van der Waals surface area contributed by atoms with Crippen LogP contribution >= 0.6 is 11.6 Å². The number of halogens is 1. The van der Waals surface area contributed by atoms with Crippen LogP contribution in [0.2, 0.25) is 5.02 Å². The van der Waals surface area contributed by atoms with Gasteiger partial charge < -0.3 is 14.0 Å². The summed E-state index contributed by atoms with van der Waals surface area (Å²) >= 11 is 6.42. The van der Waals surface area contributed by atoms with Crippen LogP contribution in [0, 0.1) is 0 Å². The van der Waals surface area contributed by atoms with Crippen molar-refractivity contribution in [1.82, 2.24) is 15.0 Å². The molecule has 0 unspecified atom stereocenters. The van der Waals surface area contributed by atoms with Crippen molar-refractivity contribution in [1.29, 1.82) is 0 Å². The van der Waals surface area contributed by atoms with Gasteiger partial charge in [-0.2, -0.15) is 4.98 Å². The third kappa shape index (κ3) is 3.83. The number of hydrogen-bond donors (Lipinski definition) is 0. The van der Waals surface area contributed by atoms with Crippen LogP contribution in [-0.2, 0) is 11.3 Å². The highest BCUT2D eigenvalue weighted by atomic mass is 35.5. The minimum Gasteiger partial charge on any atom is -0.496 e. The minimum atomic E-state index is -0.135. The maximum Gasteiger partial charge on any atom is 0.246 e. The van der Waals surface area contributed by atoms with Gasteiger partial charge in [-0.3, -0.25) is 4.90 Å². The Morgan fingerprint density at radius 3 is 2.85 bits per heavy atom. The van der Waals surface area contributed by atoms with E-state index in [4.69, 9.17) is 25.6 Å². The Kier molecular flexibility index (Phi) is 5.38. The number of morpholine rings is 1. The first-order chi connectivity index (χ1) is 13.3. The lowest BCUT2D eigenvalue weighted by molar-refractivity contribution is -0.0243. The molecule has 0 saturated carbocycles. The van der Waals surface area contributed by atoms with Crippen LogP contribution in [0.15, 0.2) is 53.1 Å². The van der Waals surface area contributed by atoms with Crippen LogP contribution in [0.3, 0.4) is 0 Å². The second-order valence-corrected chi connectivity index (χ2v) is 6.71. The lowest BCUT2D eigenvalue weighted by atomic mass is 10.1. The van der Waals surface area contributed by atoms with Crippen LogP contribution in [0.5, 0.6) is 5.75 Å². The second-order valence-electron chi connectivity index (χ2n) is 6.30. The molecule has 140 valence electrons. The van der Waals surface area contributed by atoms with Crippen molar-refractivity contribution in [3.63, 3.8) is 0 Å². The number of hydrogen-bond acceptors (Lipinski definition) is 6. The third-order valence-electron chi connectivity index (χ3n) is 4.66. The van der Waals surface area contributed by atoms with E-state index >= 15 is 0 Å². The van der Waals surface area contributed by atoms with Gasteiger partial charge in [-0.25, -0.2) is 0 Å². The summed E-state index contributed by atoms with van der Waals surface area (Å²) in [5.41, 5.74) is 1.86. The zero-order valence-corrected chi connectivity index (χ0v) is 15.7. The summed E-state index contributed by atoms with van der Waals surface area (Å²) in [7, 11) is 1.65. The van der Waals surface area contributed by atoms with E-state index < -0.39 is 0 Å². The van der Waals surface area contributed by atoms with E-state index in [2.05, 4.69) is 15.0 Å². The fraction of sp³-hybridized carbons (Fsp3) is 0.300. The standard InChI is InChI=1S/C20H20ClN3O3/c1-25-18-9-5-8-16(21)15(18)12-24-10-11-26-13-17(24)20-22-19(23-27-20)14-6-3-2-4-7-14/h2-9,17H,10-13H2,1H3/t17-/m0/s1. The van der Waals surface area contributed by atoms with Gasteiger partial charge >= 0.3 is 0 Å². The number of benzene rings is 2. The van der Waals surface area contributed by atoms with Gasteiger partial charge in [0.25, 0.3) is 0 Å². The van der Waals surface area contributed by atoms with Crippen molar-refractivity contribution in [2.75, 3.05) is 26.9 Å². The Bertz CT molecular complexity index is 900. The predicted molar refractivity (Wildman–Crippen MR) is 102 cm³/mol. The highest BCUT2D eigenvalue weighted by Crippen LogP contribution is 2.32. The van der Waals surface area contributed by atoms with Gasteiger partial charge in [0.2, 0.25) is 11.7 Å². The number of ether oxygens (including phenoxy) is 2. The highest BCUT2D eigenvalue weighted by molar-refractivity contribution is 6.31. The van der Waals surface area contributed by atoms with Gasteiger partial charge in [0, 0.05) is 29.2 Å². The molecule has 0 aliphatic carbocycles. The average Bonchev–Trinajstić information content (AvgIpc) is 3.20. The van der Waals surface area contributed by atoms with Gasteiger partial charge in [-0.15, -0.1) is 0 Å². The van der Waals surface area contributed by atoms with Crippen molar-refractivity contribution in [3.05, 3.63) is 65.0 Å². The normalized spacial score (nSPS) is 17.8. The number of rotatable bonds is 5. The second kappa shape index (κ2) is 8.08. The fourth-order valence-electron chi connectivity index (χ4n) is 3.22. The molecule has 0 radical (unpaired) electrons. The minimum absolute atomic E-state index is 0.135. The molecule has 7 heteroatoms. The van der Waals surface area contributed by atoms with Gasteiger partial charge in [-0.05, 0) is 12.1 Å². The Labute approximate surface area is 162 Å². The average molecular weight is 386 g/mol. The van der Waals surface area contributed by atoms with Gasteiger partial charge in [0.1, 0.15) is 11.8 Å². The Hall–Kier alpha value is -2.41. The SMILES string of the molecule is COc1cccc(Cl)c1CN1CCOC[C@H]1c1nc(-c2ccccc2)no1. The van der Waals surface area contributed by atoms with Crippen molar-refractivity contribution in [2.24, 2.45) is 0 Å². The molecule has 1 aromatic heterocycles. The zero-order chi connectivity index (χ0) is 18.6. The van der Waals surface area contributed by atoms with Crippen LogP contribution in [0.25, 0.3) is 11.4 Å². The number of aromatic nitrogens is 2. The van der Waals surface area contributed by atoms with E-state index in [9.17, 15) is 0 Å². The molecule has 6 nitrogen and oxygen atoms in total. The molecule has 1 saturated heterocycles. The van der Waals surface area contributed by atoms with Crippen LogP contribution in [0.4, 0.5) is 0 Å². The van der Waals surface area contributed by atoms with Crippen LogP contribution in [0.1, 0.15) is 17.5 Å². The van der Waals surface area contributed by atoms with Crippen LogP contribution < -0.4 is 4.74 Å². The molecule has 0 N–H and O–H groups in total. The largest absolute Gasteiger partial charge is 0.496 e. The molecular weight excluding hydrogens is 366 g/mol. The molecule has 0 spiro atoms. The number of nitrogens with zero attached hydrogens (tertiary/aromatic N) is 3. The van der Waals surface area contributed by atoms with E-state index in [1.54, 1.807) is 7.11 Å². The summed E-state index contributed by atoms with van der Waals surface area (Å²) in [6.07, 6.45) is 0. The van der Waals surface area contributed by atoms with E-state index in [-0.39, 0.29) is 6.04 Å². The molecule has 1 fully saturated rings. The monoisotopic (exact) mass is 385 g/mol. The first kappa shape index (κ1) is 18.0. The molecule has 3 aromatic rings. The molecule has 4 rings (SSSR count). The third-order valence-corrected chi connectivity index (χ3v) is 5.01. The van der Waals surface area contributed by atoms with Gasteiger partial charge in [0.05, 0.1) is 20.3 Å². The molecule has 27 heavy (non-hydrogen) atoms. The molecule has 0 amide bonds. The topological polar surface area (TPSA) is 60.6 Å². The Balaban J connectivity index is 1.60. The van der Waals surface area contributed by atoms with Crippen molar-refractivity contribution < 1.29 is 14.0 Å². The first-order valence-electron chi connectivity index (χ1n) is 8.78. The van der Waals surface area contributed by atoms with Crippen molar-refractivity contribution in [2.45, 2.75) is 12.6 Å². The molecule has 1 atom stereocenters. The van der Waals surface area contributed by atoms with Gasteiger partial charge in [0.15, 0.2) is 0 Å². The summed E-state index contributed by atoms with van der Waals surface area (Å²) in [6.45, 7) is 2.48. The number of methoxy groups -OCH3 is 1. The summed E-state index contributed by atoms with van der Waals surface area (Å²) < 4.78 is 16.7. The van der Waals surface area contributed by atoms with Gasteiger partial charge in [-0.1, -0.05) is 53.2 Å². The van der Waals surface area contributed by atoms with Crippen molar-refractivity contribution in [3.8, 4) is 17.1 Å². The van der Waals surface area contributed by atoms with E-state index in [0.29, 0.717) is 36.5 Å². The molecule has 1 aliphatic heterocycles. The summed E-state index contributed by atoms with van der Waals surface area (Å²) in [5, 5.41) is 4.81. The fourth-order valence-corrected chi connectivity index (χ4v) is 3.44. The van der Waals surface area contributed by atoms with Crippen LogP contribution in [-0.4, -0.2) is 41.9 Å². The quantitative estimate of drug-likeness (QED) is 0.662. The lowest BCUT2D eigenvalue weighted by Gasteiger charge is -2.33. The summed E-state index contributed by atoms with van der Waals surface area (Å²) in [4.78, 5) is 6.83. The first-order valence-corrected chi connectivity index (χ1v) is 9.16. The van der Waals surface area contributed by atoms with Crippen molar-refractivity contribution >= 4 is 11.6 Å². The molecule has 2 aromatic carbocycles. The van der Waals surface area contributed by atoms with E-state index in [1.807, 2.05) is 48.5 Å². The lowest BCUT2D eigenvalue weighted by Crippen LogP contribution is -2.39. The Morgan fingerprint density at radius 2 is 2.04 bits per heavy atom. The highest BCUT2D eigenvalue weighted by Gasteiger charge is 2.30. The Morgan fingerprint density at radius 1 is 1.19 bits per heavy atom. The maximum absolute atomic E-state index is 6.42. The molecule has 0 bridgehead atoms. The molecule has 2 heterocycles.